The van der Waals surface area contributed by atoms with Crippen LogP contribution in [0.5, 0.6) is 0 Å². The highest BCUT2D eigenvalue weighted by atomic mass is 16.5. The fourth-order valence-corrected chi connectivity index (χ4v) is 3.78. The highest BCUT2D eigenvalue weighted by molar-refractivity contribution is 6.10. The zero-order valence-corrected chi connectivity index (χ0v) is 15.8. The van der Waals surface area contributed by atoms with Crippen LogP contribution < -0.4 is 16.0 Å². The Morgan fingerprint density at radius 1 is 1.23 bits per heavy atom. The lowest BCUT2D eigenvalue weighted by molar-refractivity contribution is -0.904. The van der Waals surface area contributed by atoms with E-state index in [9.17, 15) is 14.4 Å². The van der Waals surface area contributed by atoms with Crippen LogP contribution in [-0.2, 0) is 9.53 Å². The summed E-state index contributed by atoms with van der Waals surface area (Å²) in [6.07, 6.45) is 1.16. The van der Waals surface area contributed by atoms with E-state index in [2.05, 4.69) is 19.2 Å². The maximum atomic E-state index is 12.4. The van der Waals surface area contributed by atoms with Crippen LogP contribution in [0.25, 0.3) is 0 Å². The summed E-state index contributed by atoms with van der Waals surface area (Å²) in [4.78, 5) is 37.5. The van der Waals surface area contributed by atoms with Gasteiger partial charge in [0, 0.05) is 11.8 Å². The number of nitrogens with one attached hydrogen (secondary N) is 2. The average Bonchev–Trinajstić information content (AvgIpc) is 2.82. The van der Waals surface area contributed by atoms with E-state index < -0.39 is 11.9 Å². The lowest BCUT2D eigenvalue weighted by Crippen LogP contribution is -3.15. The maximum Gasteiger partial charge on any atom is 0.342 e. The Labute approximate surface area is 153 Å². The summed E-state index contributed by atoms with van der Waals surface area (Å²) >= 11 is 0. The Morgan fingerprint density at radius 2 is 1.85 bits per heavy atom. The minimum absolute atomic E-state index is 0.0396. The number of hydrogen-bond acceptors (Lipinski definition) is 5. The number of carbonyl (C=O) groups excluding carboxylic acids is 3. The lowest BCUT2D eigenvalue weighted by Gasteiger charge is -2.31. The van der Waals surface area contributed by atoms with Gasteiger partial charge in [0.2, 0.25) is 5.88 Å². The van der Waals surface area contributed by atoms with Gasteiger partial charge >= 0.3 is 5.97 Å². The molecule has 0 aromatic carbocycles. The standard InChI is InChI=1S/C18H27N3O5/c1-5-25-18(24)14-12(4)26-17(15(14)16(19)23)20-13(22)9-21-7-10(2)6-11(3)8-21/h10-11H,5-9H2,1-4H3,(H2,19,23)(H,20,22)/p+1/t10-,11-/m0/s1. The molecule has 2 rings (SSSR count). The first-order chi connectivity index (χ1) is 12.2. The number of nitrogens with two attached hydrogens (primary N) is 1. The number of likely N-dealkylation sites (tertiary alicyclic amines) is 1. The lowest BCUT2D eigenvalue weighted by atomic mass is 9.92. The zero-order valence-electron chi connectivity index (χ0n) is 15.8. The minimum Gasteiger partial charge on any atom is -0.462 e. The Balaban J connectivity index is 2.15. The van der Waals surface area contributed by atoms with Crippen LogP contribution in [-0.4, -0.2) is 44.0 Å². The Bertz CT molecular complexity index is 687. The number of anilines is 1. The molecule has 0 aliphatic carbocycles. The smallest absolute Gasteiger partial charge is 0.342 e. The van der Waals surface area contributed by atoms with Gasteiger partial charge in [-0.15, -0.1) is 0 Å². The molecule has 1 aliphatic heterocycles. The van der Waals surface area contributed by atoms with E-state index in [1.54, 1.807) is 6.92 Å². The van der Waals surface area contributed by atoms with Crippen molar-refractivity contribution in [3.8, 4) is 0 Å². The SMILES string of the molecule is CCOC(=O)c1c(C)oc(NC(=O)C[NH+]2C[C@@H](C)C[C@H](C)C2)c1C(N)=O. The van der Waals surface area contributed by atoms with Gasteiger partial charge in [0.15, 0.2) is 6.54 Å². The normalized spacial score (nSPS) is 22.7. The van der Waals surface area contributed by atoms with Crippen LogP contribution in [0.1, 0.15) is 53.7 Å². The predicted octanol–water partition coefficient (Wildman–Crippen LogP) is 0.363. The summed E-state index contributed by atoms with van der Waals surface area (Å²) in [6.45, 7) is 9.80. The second-order valence-corrected chi connectivity index (χ2v) is 7.15. The molecule has 1 saturated heterocycles. The summed E-state index contributed by atoms with van der Waals surface area (Å²) < 4.78 is 10.4. The molecule has 8 heteroatoms. The number of esters is 1. The van der Waals surface area contributed by atoms with Crippen LogP contribution in [0.15, 0.2) is 4.42 Å². The Hall–Kier alpha value is -2.35. The number of quaternary nitrogens is 1. The van der Waals surface area contributed by atoms with E-state index in [-0.39, 0.29) is 41.8 Å². The molecule has 0 unspecified atom stereocenters. The van der Waals surface area contributed by atoms with E-state index in [0.29, 0.717) is 11.8 Å². The number of furan rings is 1. The van der Waals surface area contributed by atoms with Crippen LogP contribution in [0.2, 0.25) is 0 Å². The van der Waals surface area contributed by atoms with Gasteiger partial charge < -0.3 is 19.8 Å². The van der Waals surface area contributed by atoms with E-state index in [0.717, 1.165) is 19.5 Å². The monoisotopic (exact) mass is 366 g/mol. The van der Waals surface area contributed by atoms with Crippen LogP contribution in [0, 0.1) is 18.8 Å². The van der Waals surface area contributed by atoms with Crippen molar-refractivity contribution in [2.45, 2.75) is 34.1 Å². The first kappa shape index (κ1) is 20.0. The van der Waals surface area contributed by atoms with E-state index in [1.807, 2.05) is 0 Å². The first-order valence-electron chi connectivity index (χ1n) is 8.96. The zero-order chi connectivity index (χ0) is 19.4. The van der Waals surface area contributed by atoms with Crippen molar-refractivity contribution >= 4 is 23.7 Å². The van der Waals surface area contributed by atoms with Crippen LogP contribution in [0.4, 0.5) is 5.88 Å². The first-order valence-corrected chi connectivity index (χ1v) is 8.96. The van der Waals surface area contributed by atoms with Crippen molar-refractivity contribution in [2.24, 2.45) is 17.6 Å². The number of piperidine rings is 1. The van der Waals surface area contributed by atoms with Gasteiger partial charge in [0.1, 0.15) is 16.9 Å². The fourth-order valence-electron chi connectivity index (χ4n) is 3.78. The number of aryl methyl sites for hydroxylation is 1. The number of primary amides is 1. The van der Waals surface area contributed by atoms with Crippen molar-refractivity contribution in [3.05, 3.63) is 16.9 Å². The van der Waals surface area contributed by atoms with Gasteiger partial charge in [-0.2, -0.15) is 0 Å². The third-order valence-electron chi connectivity index (χ3n) is 4.55. The summed E-state index contributed by atoms with van der Waals surface area (Å²) in [7, 11) is 0. The molecule has 0 bridgehead atoms. The number of carbonyl (C=O) groups is 3. The fraction of sp³-hybridized carbons (Fsp3) is 0.611. The topological polar surface area (TPSA) is 116 Å². The average molecular weight is 366 g/mol. The Kier molecular flexibility index (Phi) is 6.42. The predicted molar refractivity (Wildman–Crippen MR) is 95.1 cm³/mol. The van der Waals surface area contributed by atoms with Gasteiger partial charge in [0.25, 0.3) is 11.8 Å². The number of rotatable bonds is 6. The molecule has 1 aromatic heterocycles. The van der Waals surface area contributed by atoms with Crippen molar-refractivity contribution in [1.29, 1.82) is 0 Å². The molecule has 8 nitrogen and oxygen atoms in total. The highest BCUT2D eigenvalue weighted by Crippen LogP contribution is 2.27. The molecule has 2 heterocycles. The number of hydrogen-bond donors (Lipinski definition) is 3. The van der Waals surface area contributed by atoms with E-state index >= 15 is 0 Å². The second kappa shape index (κ2) is 8.35. The molecule has 144 valence electrons. The molecule has 26 heavy (non-hydrogen) atoms. The molecule has 2 atom stereocenters. The molecule has 2 amide bonds. The second-order valence-electron chi connectivity index (χ2n) is 7.15. The Morgan fingerprint density at radius 3 is 2.38 bits per heavy atom. The summed E-state index contributed by atoms with van der Waals surface area (Å²) in [5, 5.41) is 2.59. The third-order valence-corrected chi connectivity index (χ3v) is 4.55. The van der Waals surface area contributed by atoms with E-state index in [1.165, 1.54) is 11.8 Å². The number of amides is 2. The largest absolute Gasteiger partial charge is 0.462 e. The molecule has 0 spiro atoms. The highest BCUT2D eigenvalue weighted by Gasteiger charge is 2.31. The molecule has 1 fully saturated rings. The van der Waals surface area contributed by atoms with Crippen LogP contribution >= 0.6 is 0 Å². The van der Waals surface area contributed by atoms with Crippen LogP contribution in [0.3, 0.4) is 0 Å². The third kappa shape index (κ3) is 4.63. The van der Waals surface area contributed by atoms with Gasteiger partial charge in [0.05, 0.1) is 19.7 Å². The molecular formula is C18H28N3O5+. The number of ether oxygens (including phenoxy) is 1. The van der Waals surface area contributed by atoms with Crippen molar-refractivity contribution in [3.63, 3.8) is 0 Å². The summed E-state index contributed by atoms with van der Waals surface area (Å²) in [5.74, 6) is -0.637. The van der Waals surface area contributed by atoms with Gasteiger partial charge in [-0.05, 0) is 20.3 Å². The van der Waals surface area contributed by atoms with Gasteiger partial charge in [-0.3, -0.25) is 14.9 Å². The van der Waals surface area contributed by atoms with Crippen molar-refractivity contribution in [1.82, 2.24) is 0 Å². The summed E-state index contributed by atoms with van der Waals surface area (Å²) in [6, 6.07) is 0. The maximum absolute atomic E-state index is 12.4. The molecule has 4 N–H and O–H groups in total. The molecule has 1 aliphatic rings. The quantitative estimate of drug-likeness (QED) is 0.629. The van der Waals surface area contributed by atoms with Crippen molar-refractivity contribution in [2.75, 3.05) is 31.6 Å². The van der Waals surface area contributed by atoms with Gasteiger partial charge in [-0.1, -0.05) is 13.8 Å². The molecular weight excluding hydrogens is 338 g/mol. The van der Waals surface area contributed by atoms with Crippen molar-refractivity contribution < 1.29 is 28.4 Å². The molecule has 0 radical (unpaired) electrons. The molecule has 0 saturated carbocycles. The summed E-state index contributed by atoms with van der Waals surface area (Å²) in [5.41, 5.74) is 5.21. The minimum atomic E-state index is -0.854. The van der Waals surface area contributed by atoms with Gasteiger partial charge in [-0.25, -0.2) is 4.79 Å². The molecule has 1 aromatic rings. The van der Waals surface area contributed by atoms with E-state index in [4.69, 9.17) is 14.9 Å².